The molecular weight excluding hydrogens is 186 g/mol. The van der Waals surface area contributed by atoms with Gasteiger partial charge in [-0.25, -0.2) is 0 Å². The molecule has 0 atom stereocenters. The summed E-state index contributed by atoms with van der Waals surface area (Å²) in [6.45, 7) is 11.0. The van der Waals surface area contributed by atoms with Gasteiger partial charge in [-0.05, 0) is 11.5 Å². The van der Waals surface area contributed by atoms with Crippen LogP contribution in [0.1, 0.15) is 26.3 Å². The summed E-state index contributed by atoms with van der Waals surface area (Å²) in [6.07, 6.45) is 0. The summed E-state index contributed by atoms with van der Waals surface area (Å²) >= 11 is 0. The van der Waals surface area contributed by atoms with Gasteiger partial charge in [-0.3, -0.25) is 0 Å². The Labute approximate surface area is 91.0 Å². The molecule has 1 aliphatic heterocycles. The van der Waals surface area contributed by atoms with Gasteiger partial charge in [0.25, 0.3) is 0 Å². The Morgan fingerprint density at radius 1 is 1.33 bits per heavy atom. The van der Waals surface area contributed by atoms with Crippen LogP contribution in [0.25, 0.3) is 0 Å². The SMILES string of the molecule is C=C1COc2c(cccc2C(C)(C)C)N1. The Kier molecular flexibility index (Phi) is 2.22. The van der Waals surface area contributed by atoms with Crippen LogP contribution in [0.5, 0.6) is 5.75 Å². The van der Waals surface area contributed by atoms with E-state index in [1.165, 1.54) is 5.56 Å². The van der Waals surface area contributed by atoms with E-state index < -0.39 is 0 Å². The monoisotopic (exact) mass is 203 g/mol. The van der Waals surface area contributed by atoms with Gasteiger partial charge < -0.3 is 10.1 Å². The van der Waals surface area contributed by atoms with Gasteiger partial charge in [-0.15, -0.1) is 0 Å². The molecule has 15 heavy (non-hydrogen) atoms. The van der Waals surface area contributed by atoms with Gasteiger partial charge in [-0.1, -0.05) is 39.5 Å². The summed E-state index contributed by atoms with van der Waals surface area (Å²) in [5, 5.41) is 3.25. The van der Waals surface area contributed by atoms with E-state index in [4.69, 9.17) is 4.74 Å². The van der Waals surface area contributed by atoms with E-state index in [9.17, 15) is 0 Å². The largest absolute Gasteiger partial charge is 0.485 e. The van der Waals surface area contributed by atoms with Crippen LogP contribution in [0, 0.1) is 0 Å². The van der Waals surface area contributed by atoms with Crippen LogP contribution in [-0.2, 0) is 5.41 Å². The first kappa shape index (κ1) is 10.1. The quantitative estimate of drug-likeness (QED) is 0.698. The summed E-state index contributed by atoms with van der Waals surface area (Å²) in [4.78, 5) is 0. The zero-order valence-corrected chi connectivity index (χ0v) is 9.55. The van der Waals surface area contributed by atoms with Gasteiger partial charge in [-0.2, -0.15) is 0 Å². The molecule has 1 aromatic rings. The number of ether oxygens (including phenoxy) is 1. The number of nitrogens with one attached hydrogen (secondary N) is 1. The molecule has 1 heterocycles. The lowest BCUT2D eigenvalue weighted by atomic mass is 9.86. The molecule has 0 amide bonds. The van der Waals surface area contributed by atoms with Crippen molar-refractivity contribution >= 4 is 5.69 Å². The molecule has 0 bridgehead atoms. The molecule has 2 rings (SSSR count). The van der Waals surface area contributed by atoms with Crippen LogP contribution in [0.3, 0.4) is 0 Å². The van der Waals surface area contributed by atoms with Gasteiger partial charge in [0.2, 0.25) is 0 Å². The second kappa shape index (κ2) is 3.30. The normalized spacial score (nSPS) is 15.3. The van der Waals surface area contributed by atoms with E-state index in [-0.39, 0.29) is 5.41 Å². The van der Waals surface area contributed by atoms with Gasteiger partial charge in [0, 0.05) is 11.3 Å². The molecule has 2 nitrogen and oxygen atoms in total. The number of hydrogen-bond donors (Lipinski definition) is 1. The Morgan fingerprint density at radius 3 is 2.73 bits per heavy atom. The fourth-order valence-corrected chi connectivity index (χ4v) is 1.77. The second-order valence-electron chi connectivity index (χ2n) is 4.95. The summed E-state index contributed by atoms with van der Waals surface area (Å²) in [6, 6.07) is 6.19. The third-order valence-corrected chi connectivity index (χ3v) is 2.53. The molecule has 0 aliphatic carbocycles. The lowest BCUT2D eigenvalue weighted by Crippen LogP contribution is -2.20. The number of benzene rings is 1. The minimum absolute atomic E-state index is 0.103. The Bertz CT molecular complexity index is 401. The van der Waals surface area contributed by atoms with E-state index >= 15 is 0 Å². The maximum atomic E-state index is 5.73. The van der Waals surface area contributed by atoms with Gasteiger partial charge in [0.05, 0.1) is 5.69 Å². The molecule has 0 radical (unpaired) electrons. The first-order valence-electron chi connectivity index (χ1n) is 5.19. The average molecular weight is 203 g/mol. The van der Waals surface area contributed by atoms with Crippen molar-refractivity contribution < 1.29 is 4.74 Å². The molecule has 0 saturated carbocycles. The predicted molar refractivity (Wildman–Crippen MR) is 63.4 cm³/mol. The van der Waals surface area contributed by atoms with Crippen LogP contribution >= 0.6 is 0 Å². The van der Waals surface area contributed by atoms with Gasteiger partial charge >= 0.3 is 0 Å². The Balaban J connectivity index is 2.51. The minimum atomic E-state index is 0.103. The highest BCUT2D eigenvalue weighted by atomic mass is 16.5. The maximum Gasteiger partial charge on any atom is 0.147 e. The second-order valence-corrected chi connectivity index (χ2v) is 4.95. The van der Waals surface area contributed by atoms with Crippen molar-refractivity contribution in [1.82, 2.24) is 0 Å². The van der Waals surface area contributed by atoms with Crippen LogP contribution in [-0.4, -0.2) is 6.61 Å². The van der Waals surface area contributed by atoms with Crippen molar-refractivity contribution in [3.8, 4) is 5.75 Å². The van der Waals surface area contributed by atoms with Gasteiger partial charge in [0.1, 0.15) is 12.4 Å². The summed E-state index contributed by atoms with van der Waals surface area (Å²) < 4.78 is 5.73. The third-order valence-electron chi connectivity index (χ3n) is 2.53. The summed E-state index contributed by atoms with van der Waals surface area (Å²) in [5.41, 5.74) is 3.28. The van der Waals surface area contributed by atoms with E-state index in [1.54, 1.807) is 0 Å². The number of hydrogen-bond acceptors (Lipinski definition) is 2. The highest BCUT2D eigenvalue weighted by Gasteiger charge is 2.23. The molecule has 0 fully saturated rings. The van der Waals surface area contributed by atoms with Crippen molar-refractivity contribution in [2.45, 2.75) is 26.2 Å². The number of para-hydroxylation sites is 1. The van der Waals surface area contributed by atoms with Crippen molar-refractivity contribution in [1.29, 1.82) is 0 Å². The standard InChI is InChI=1S/C13H17NO/c1-9-8-15-12-10(13(2,3)4)6-5-7-11(12)14-9/h5-7,14H,1,8H2,2-4H3. The Hall–Kier alpha value is -1.44. The fourth-order valence-electron chi connectivity index (χ4n) is 1.77. The fraction of sp³-hybridized carbons (Fsp3) is 0.385. The van der Waals surface area contributed by atoms with E-state index in [0.717, 1.165) is 17.1 Å². The van der Waals surface area contributed by atoms with Crippen molar-refractivity contribution in [2.24, 2.45) is 0 Å². The van der Waals surface area contributed by atoms with Gasteiger partial charge in [0.15, 0.2) is 0 Å². The molecule has 1 N–H and O–H groups in total. The molecule has 0 unspecified atom stereocenters. The number of anilines is 1. The highest BCUT2D eigenvalue weighted by molar-refractivity contribution is 5.65. The number of rotatable bonds is 0. The molecule has 2 heteroatoms. The minimum Gasteiger partial charge on any atom is -0.485 e. The third kappa shape index (κ3) is 1.84. The molecule has 1 aliphatic rings. The molecule has 80 valence electrons. The molecule has 1 aromatic carbocycles. The lowest BCUT2D eigenvalue weighted by Gasteiger charge is -2.28. The van der Waals surface area contributed by atoms with Crippen LogP contribution in [0.15, 0.2) is 30.5 Å². The van der Waals surface area contributed by atoms with Crippen LogP contribution in [0.4, 0.5) is 5.69 Å². The van der Waals surface area contributed by atoms with Crippen LogP contribution in [0.2, 0.25) is 0 Å². The van der Waals surface area contributed by atoms with E-state index in [0.29, 0.717) is 6.61 Å². The zero-order valence-electron chi connectivity index (χ0n) is 9.55. The van der Waals surface area contributed by atoms with Crippen LogP contribution < -0.4 is 10.1 Å². The number of fused-ring (bicyclic) bond motifs is 1. The van der Waals surface area contributed by atoms with Crippen molar-refractivity contribution in [2.75, 3.05) is 11.9 Å². The van der Waals surface area contributed by atoms with E-state index in [2.05, 4.69) is 38.7 Å². The van der Waals surface area contributed by atoms with Crippen molar-refractivity contribution in [3.63, 3.8) is 0 Å². The predicted octanol–water partition coefficient (Wildman–Crippen LogP) is 3.30. The first-order chi connectivity index (χ1) is 6.98. The van der Waals surface area contributed by atoms with E-state index in [1.807, 2.05) is 12.1 Å². The Morgan fingerprint density at radius 2 is 2.07 bits per heavy atom. The summed E-state index contributed by atoms with van der Waals surface area (Å²) in [7, 11) is 0. The highest BCUT2D eigenvalue weighted by Crippen LogP contribution is 2.39. The molecule has 0 saturated heterocycles. The average Bonchev–Trinajstić information content (AvgIpc) is 2.15. The summed E-state index contributed by atoms with van der Waals surface area (Å²) in [5.74, 6) is 0.970. The molecular formula is C13H17NO. The maximum absolute atomic E-state index is 5.73. The lowest BCUT2D eigenvalue weighted by molar-refractivity contribution is 0.335. The smallest absolute Gasteiger partial charge is 0.147 e. The zero-order chi connectivity index (χ0) is 11.1. The van der Waals surface area contributed by atoms with Crippen molar-refractivity contribution in [3.05, 3.63) is 36.0 Å². The molecule has 0 spiro atoms. The first-order valence-corrected chi connectivity index (χ1v) is 5.19. The topological polar surface area (TPSA) is 21.3 Å². The molecule has 0 aromatic heterocycles.